The summed E-state index contributed by atoms with van der Waals surface area (Å²) in [4.78, 5) is 18.5. The van der Waals surface area contributed by atoms with Crippen LogP contribution in [0.15, 0.2) is 24.3 Å². The summed E-state index contributed by atoms with van der Waals surface area (Å²) in [6, 6.07) is 6.44. The molecule has 0 fully saturated rings. The quantitative estimate of drug-likeness (QED) is 0.356. The zero-order valence-corrected chi connectivity index (χ0v) is 20.8. The SMILES string of the molecule is CC(C)c1nc(C(C)C)c(C(C)(C)C)c(-c2ccc(F)cc2)c1C(=O)CO[Si](C)C. The summed E-state index contributed by atoms with van der Waals surface area (Å²) in [7, 11) is -1.00. The predicted molar refractivity (Wildman–Crippen MR) is 124 cm³/mol. The number of ketones is 1. The molecule has 0 saturated carbocycles. The van der Waals surface area contributed by atoms with Crippen LogP contribution in [-0.2, 0) is 9.84 Å². The second-order valence-electron chi connectivity index (χ2n) is 9.69. The highest BCUT2D eigenvalue weighted by Gasteiger charge is 2.32. The first kappa shape index (κ1) is 24.4. The molecular weight excluding hydrogens is 393 g/mol. The van der Waals surface area contributed by atoms with Crippen LogP contribution in [0, 0.1) is 5.82 Å². The third kappa shape index (κ3) is 5.44. The van der Waals surface area contributed by atoms with Gasteiger partial charge in [0.1, 0.15) is 5.82 Å². The number of hydrogen-bond donors (Lipinski definition) is 0. The number of nitrogens with zero attached hydrogens (tertiary/aromatic N) is 1. The van der Waals surface area contributed by atoms with Gasteiger partial charge in [0, 0.05) is 11.3 Å². The van der Waals surface area contributed by atoms with Crippen molar-refractivity contribution in [3.8, 4) is 11.1 Å². The molecule has 30 heavy (non-hydrogen) atoms. The lowest BCUT2D eigenvalue weighted by Crippen LogP contribution is -2.25. The fraction of sp³-hybridized carbons (Fsp3) is 0.520. The van der Waals surface area contributed by atoms with Crippen molar-refractivity contribution in [2.75, 3.05) is 6.61 Å². The Morgan fingerprint density at radius 1 is 1.03 bits per heavy atom. The van der Waals surface area contributed by atoms with E-state index in [1.54, 1.807) is 12.1 Å². The molecule has 163 valence electrons. The first-order valence-electron chi connectivity index (χ1n) is 10.6. The van der Waals surface area contributed by atoms with E-state index in [0.717, 1.165) is 28.1 Å². The minimum Gasteiger partial charge on any atom is -0.409 e. The van der Waals surface area contributed by atoms with Crippen molar-refractivity contribution in [3.05, 3.63) is 52.6 Å². The minimum atomic E-state index is -1.00. The van der Waals surface area contributed by atoms with Crippen molar-refractivity contribution in [1.29, 1.82) is 0 Å². The van der Waals surface area contributed by atoms with Gasteiger partial charge in [-0.1, -0.05) is 60.6 Å². The van der Waals surface area contributed by atoms with E-state index < -0.39 is 9.04 Å². The van der Waals surface area contributed by atoms with Gasteiger partial charge in [0.05, 0.1) is 12.3 Å². The summed E-state index contributed by atoms with van der Waals surface area (Å²) in [6.45, 7) is 18.9. The highest BCUT2D eigenvalue weighted by atomic mass is 28.3. The molecule has 1 radical (unpaired) electrons. The summed E-state index contributed by atoms with van der Waals surface area (Å²) in [5, 5.41) is 0. The minimum absolute atomic E-state index is 0.0432. The Labute approximate surface area is 182 Å². The molecule has 2 aromatic rings. The van der Waals surface area contributed by atoms with Gasteiger partial charge in [0.2, 0.25) is 9.04 Å². The van der Waals surface area contributed by atoms with E-state index in [0.29, 0.717) is 5.56 Å². The first-order chi connectivity index (χ1) is 13.8. The van der Waals surface area contributed by atoms with E-state index in [2.05, 4.69) is 48.5 Å². The third-order valence-corrected chi connectivity index (χ3v) is 5.72. The third-order valence-electron chi connectivity index (χ3n) is 5.00. The predicted octanol–water partition coefficient (Wildman–Crippen LogP) is 6.88. The monoisotopic (exact) mass is 428 g/mol. The molecule has 0 aliphatic heterocycles. The number of aromatic nitrogens is 1. The summed E-state index contributed by atoms with van der Waals surface area (Å²) < 4.78 is 19.5. The zero-order chi connectivity index (χ0) is 22.8. The van der Waals surface area contributed by atoms with Crippen LogP contribution in [0.5, 0.6) is 0 Å². The molecule has 1 heterocycles. The Balaban J connectivity index is 2.99. The second kappa shape index (κ2) is 9.52. The molecule has 0 N–H and O–H groups in total. The average molecular weight is 429 g/mol. The average Bonchev–Trinajstić information content (AvgIpc) is 2.64. The fourth-order valence-corrected chi connectivity index (χ4v) is 4.11. The number of halogens is 1. The second-order valence-corrected chi connectivity index (χ2v) is 11.8. The Morgan fingerprint density at radius 2 is 1.57 bits per heavy atom. The summed E-state index contributed by atoms with van der Waals surface area (Å²) >= 11 is 0. The highest BCUT2D eigenvalue weighted by Crippen LogP contribution is 2.42. The Kier molecular flexibility index (Phi) is 7.75. The van der Waals surface area contributed by atoms with E-state index in [9.17, 15) is 9.18 Å². The number of benzene rings is 1. The maximum atomic E-state index is 13.7. The van der Waals surface area contributed by atoms with E-state index >= 15 is 0 Å². The smallest absolute Gasteiger partial charge is 0.205 e. The van der Waals surface area contributed by atoms with Crippen LogP contribution in [0.4, 0.5) is 4.39 Å². The van der Waals surface area contributed by atoms with Crippen LogP contribution in [0.1, 0.15) is 87.6 Å². The van der Waals surface area contributed by atoms with Crippen LogP contribution in [-0.4, -0.2) is 26.4 Å². The van der Waals surface area contributed by atoms with Gasteiger partial charge in [-0.05, 0) is 59.2 Å². The highest BCUT2D eigenvalue weighted by molar-refractivity contribution is 6.48. The fourth-order valence-electron chi connectivity index (χ4n) is 3.69. The Morgan fingerprint density at radius 3 is 2.00 bits per heavy atom. The van der Waals surface area contributed by atoms with E-state index in [1.165, 1.54) is 12.1 Å². The molecule has 0 aliphatic rings. The Bertz CT molecular complexity index is 897. The maximum Gasteiger partial charge on any atom is 0.205 e. The number of pyridine rings is 1. The lowest BCUT2D eigenvalue weighted by Gasteiger charge is -2.31. The number of rotatable bonds is 7. The molecule has 2 rings (SSSR count). The van der Waals surface area contributed by atoms with Gasteiger partial charge in [-0.25, -0.2) is 4.39 Å². The summed E-state index contributed by atoms with van der Waals surface area (Å²) in [5.74, 6) is -0.0867. The summed E-state index contributed by atoms with van der Waals surface area (Å²) in [5.41, 5.74) is 4.93. The van der Waals surface area contributed by atoms with Crippen LogP contribution < -0.4 is 0 Å². The molecule has 5 heteroatoms. The largest absolute Gasteiger partial charge is 0.409 e. The van der Waals surface area contributed by atoms with Crippen molar-refractivity contribution in [1.82, 2.24) is 4.98 Å². The molecular formula is C25H35FNO2Si. The molecule has 0 spiro atoms. The van der Waals surface area contributed by atoms with E-state index in [-0.39, 0.29) is 35.5 Å². The lowest BCUT2D eigenvalue weighted by atomic mass is 9.75. The molecule has 0 unspecified atom stereocenters. The van der Waals surface area contributed by atoms with Gasteiger partial charge >= 0.3 is 0 Å². The van der Waals surface area contributed by atoms with E-state index in [4.69, 9.17) is 9.41 Å². The van der Waals surface area contributed by atoms with Gasteiger partial charge in [0.15, 0.2) is 5.78 Å². The van der Waals surface area contributed by atoms with Gasteiger partial charge < -0.3 is 4.43 Å². The van der Waals surface area contributed by atoms with Crippen LogP contribution >= 0.6 is 0 Å². The lowest BCUT2D eigenvalue weighted by molar-refractivity contribution is 0.0919. The normalized spacial score (nSPS) is 12.3. The van der Waals surface area contributed by atoms with Crippen LogP contribution in [0.3, 0.4) is 0 Å². The van der Waals surface area contributed by atoms with Gasteiger partial charge in [-0.3, -0.25) is 9.78 Å². The van der Waals surface area contributed by atoms with Gasteiger partial charge in [-0.15, -0.1) is 0 Å². The van der Waals surface area contributed by atoms with E-state index in [1.807, 2.05) is 13.1 Å². The maximum absolute atomic E-state index is 13.7. The van der Waals surface area contributed by atoms with Crippen LogP contribution in [0.2, 0.25) is 13.1 Å². The van der Waals surface area contributed by atoms with Crippen molar-refractivity contribution in [3.63, 3.8) is 0 Å². The number of carbonyl (C=O) groups is 1. The summed E-state index contributed by atoms with van der Waals surface area (Å²) in [6.07, 6.45) is 0. The van der Waals surface area contributed by atoms with Crippen LogP contribution in [0.25, 0.3) is 11.1 Å². The van der Waals surface area contributed by atoms with Crippen molar-refractivity contribution in [2.24, 2.45) is 0 Å². The first-order valence-corrected chi connectivity index (χ1v) is 13.1. The molecule has 1 aromatic heterocycles. The molecule has 0 saturated heterocycles. The zero-order valence-electron chi connectivity index (χ0n) is 19.8. The van der Waals surface area contributed by atoms with Crippen molar-refractivity contribution < 1.29 is 13.6 Å². The molecule has 1 aromatic carbocycles. The number of hydrogen-bond acceptors (Lipinski definition) is 3. The molecule has 0 atom stereocenters. The topological polar surface area (TPSA) is 39.2 Å². The standard InChI is InChI=1S/C25H35FNO2Si/c1-15(2)23-21(19(28)14-29-30(8)9)20(17-10-12-18(26)13-11-17)22(25(5,6)7)24(27-23)16(3)4/h10-13,15-16H,14H2,1-9H3. The van der Waals surface area contributed by atoms with Crippen molar-refractivity contribution in [2.45, 2.75) is 78.8 Å². The molecule has 0 aliphatic carbocycles. The van der Waals surface area contributed by atoms with Crippen molar-refractivity contribution >= 4 is 14.8 Å². The number of carbonyl (C=O) groups excluding carboxylic acids is 1. The van der Waals surface area contributed by atoms with Gasteiger partial charge in [0.25, 0.3) is 0 Å². The van der Waals surface area contributed by atoms with Gasteiger partial charge in [-0.2, -0.15) is 0 Å². The Hall–Kier alpha value is -1.85. The number of Topliss-reactive ketones (excluding diaryl/α,β-unsaturated/α-hetero) is 1. The molecule has 0 amide bonds. The molecule has 3 nitrogen and oxygen atoms in total. The molecule has 0 bridgehead atoms.